The molecule has 19 heavy (non-hydrogen) atoms. The van der Waals surface area contributed by atoms with Gasteiger partial charge in [0.25, 0.3) is 0 Å². The fourth-order valence-electron chi connectivity index (χ4n) is 1.99. The van der Waals surface area contributed by atoms with Gasteiger partial charge in [0, 0.05) is 6.54 Å². The Morgan fingerprint density at radius 1 is 1.42 bits per heavy atom. The summed E-state index contributed by atoms with van der Waals surface area (Å²) in [6, 6.07) is -0.576. The number of hydrogen-bond donors (Lipinski definition) is 0. The van der Waals surface area contributed by atoms with Crippen LogP contribution in [0.1, 0.15) is 24.3 Å². The number of esters is 1. The number of halogens is 3. The molecule has 1 aromatic rings. The summed E-state index contributed by atoms with van der Waals surface area (Å²) in [6.07, 6.45) is -2.32. The van der Waals surface area contributed by atoms with E-state index >= 15 is 0 Å². The van der Waals surface area contributed by atoms with E-state index in [1.54, 1.807) is 4.90 Å². The maximum absolute atomic E-state index is 12.5. The third-order valence-corrected chi connectivity index (χ3v) is 3.88. The monoisotopic (exact) mass is 295 g/mol. The summed E-state index contributed by atoms with van der Waals surface area (Å²) in [6.45, 7) is 0.478. The number of hydrogen-bond acceptors (Lipinski definition) is 6. The van der Waals surface area contributed by atoms with Crippen LogP contribution in [0.3, 0.4) is 0 Å². The molecule has 106 valence electrons. The number of carbonyl (C=O) groups is 1. The van der Waals surface area contributed by atoms with Crippen molar-refractivity contribution in [3.05, 3.63) is 5.01 Å². The van der Waals surface area contributed by atoms with Crippen LogP contribution in [0.2, 0.25) is 0 Å². The van der Waals surface area contributed by atoms with Crippen LogP contribution in [0.15, 0.2) is 0 Å². The van der Waals surface area contributed by atoms with Crippen LogP contribution in [-0.4, -0.2) is 35.9 Å². The van der Waals surface area contributed by atoms with E-state index in [0.717, 1.165) is 12.8 Å². The van der Waals surface area contributed by atoms with E-state index in [1.165, 1.54) is 7.11 Å². The minimum absolute atomic E-state index is 0.113. The first-order valence-electron chi connectivity index (χ1n) is 5.68. The van der Waals surface area contributed by atoms with Gasteiger partial charge in [-0.2, -0.15) is 13.2 Å². The second-order valence-electron chi connectivity index (χ2n) is 4.12. The van der Waals surface area contributed by atoms with Crippen molar-refractivity contribution in [2.24, 2.45) is 0 Å². The summed E-state index contributed by atoms with van der Waals surface area (Å²) in [4.78, 5) is 13.2. The number of rotatable bonds is 2. The largest absolute Gasteiger partial charge is 0.467 e. The molecule has 1 atom stereocenters. The SMILES string of the molecule is COC(=O)C1CCCCN1c1nnc(C(F)(F)F)s1. The average molecular weight is 295 g/mol. The van der Waals surface area contributed by atoms with Gasteiger partial charge in [-0.3, -0.25) is 0 Å². The van der Waals surface area contributed by atoms with Crippen molar-refractivity contribution in [3.63, 3.8) is 0 Å². The third-order valence-electron chi connectivity index (χ3n) is 2.88. The van der Waals surface area contributed by atoms with Gasteiger partial charge in [-0.1, -0.05) is 11.3 Å². The van der Waals surface area contributed by atoms with Crippen LogP contribution in [-0.2, 0) is 15.7 Å². The molecule has 9 heteroatoms. The molecule has 1 fully saturated rings. The normalized spacial score (nSPS) is 20.4. The fourth-order valence-corrected chi connectivity index (χ4v) is 2.78. The Labute approximate surface area is 111 Å². The van der Waals surface area contributed by atoms with Crippen molar-refractivity contribution in [2.45, 2.75) is 31.5 Å². The Hall–Kier alpha value is -1.38. The molecule has 0 radical (unpaired) electrons. The highest BCUT2D eigenvalue weighted by Gasteiger charge is 2.38. The summed E-state index contributed by atoms with van der Waals surface area (Å²) in [5.41, 5.74) is 0. The predicted molar refractivity (Wildman–Crippen MR) is 61.9 cm³/mol. The molecule has 1 aromatic heterocycles. The molecule has 1 saturated heterocycles. The zero-order chi connectivity index (χ0) is 14.0. The molecule has 1 unspecified atom stereocenters. The fraction of sp³-hybridized carbons (Fsp3) is 0.700. The number of alkyl halides is 3. The second kappa shape index (κ2) is 5.32. The van der Waals surface area contributed by atoms with Crippen LogP contribution in [0, 0.1) is 0 Å². The van der Waals surface area contributed by atoms with Crippen LogP contribution in [0.4, 0.5) is 18.3 Å². The van der Waals surface area contributed by atoms with Crippen LogP contribution >= 0.6 is 11.3 Å². The quantitative estimate of drug-likeness (QED) is 0.782. The predicted octanol–water partition coefficient (Wildman–Crippen LogP) is 2.09. The van der Waals surface area contributed by atoms with E-state index in [4.69, 9.17) is 0 Å². The lowest BCUT2D eigenvalue weighted by Crippen LogP contribution is -2.45. The molecule has 0 aliphatic carbocycles. The lowest BCUT2D eigenvalue weighted by atomic mass is 10.0. The molecule has 0 N–H and O–H groups in total. The van der Waals surface area contributed by atoms with E-state index in [0.29, 0.717) is 24.3 Å². The Morgan fingerprint density at radius 2 is 2.16 bits per heavy atom. The van der Waals surface area contributed by atoms with Gasteiger partial charge < -0.3 is 9.64 Å². The van der Waals surface area contributed by atoms with Crippen molar-refractivity contribution in [1.82, 2.24) is 10.2 Å². The first-order chi connectivity index (χ1) is 8.93. The Balaban J connectivity index is 2.23. The van der Waals surface area contributed by atoms with Gasteiger partial charge in [-0.25, -0.2) is 4.79 Å². The first kappa shape index (κ1) is 14.0. The summed E-state index contributed by atoms with van der Waals surface area (Å²) >= 11 is 0.449. The van der Waals surface area contributed by atoms with Gasteiger partial charge in [-0.15, -0.1) is 10.2 Å². The lowest BCUT2D eigenvalue weighted by Gasteiger charge is -2.32. The zero-order valence-electron chi connectivity index (χ0n) is 10.1. The molecule has 0 bridgehead atoms. The van der Waals surface area contributed by atoms with E-state index in [9.17, 15) is 18.0 Å². The maximum Gasteiger partial charge on any atom is 0.445 e. The molecular weight excluding hydrogens is 283 g/mol. The van der Waals surface area contributed by atoms with E-state index in [-0.39, 0.29) is 5.13 Å². The highest BCUT2D eigenvalue weighted by molar-refractivity contribution is 7.15. The van der Waals surface area contributed by atoms with E-state index in [1.807, 2.05) is 0 Å². The molecule has 0 amide bonds. The molecule has 2 rings (SSSR count). The molecule has 2 heterocycles. The van der Waals surface area contributed by atoms with Gasteiger partial charge >= 0.3 is 12.1 Å². The van der Waals surface area contributed by atoms with E-state index < -0.39 is 23.2 Å². The Kier molecular flexibility index (Phi) is 3.93. The van der Waals surface area contributed by atoms with Crippen molar-refractivity contribution in [2.75, 3.05) is 18.6 Å². The van der Waals surface area contributed by atoms with Gasteiger partial charge in [0.1, 0.15) is 6.04 Å². The summed E-state index contributed by atoms with van der Waals surface area (Å²) in [5.74, 6) is -0.455. The summed E-state index contributed by atoms with van der Waals surface area (Å²) < 4.78 is 42.1. The van der Waals surface area contributed by atoms with Crippen molar-refractivity contribution >= 4 is 22.4 Å². The molecule has 1 aliphatic heterocycles. The highest BCUT2D eigenvalue weighted by Crippen LogP contribution is 2.36. The van der Waals surface area contributed by atoms with Gasteiger partial charge in [0.2, 0.25) is 10.1 Å². The Bertz CT molecular complexity index is 463. The van der Waals surface area contributed by atoms with Gasteiger partial charge in [0.05, 0.1) is 7.11 Å². The number of methoxy groups -OCH3 is 1. The standard InChI is InChI=1S/C10H12F3N3O2S/c1-18-7(17)6-4-2-3-5-16(6)9-15-14-8(19-9)10(11,12)13/h6H,2-5H2,1H3. The van der Waals surface area contributed by atoms with Crippen LogP contribution in [0.25, 0.3) is 0 Å². The molecule has 0 saturated carbocycles. The highest BCUT2D eigenvalue weighted by atomic mass is 32.1. The molecule has 0 spiro atoms. The summed E-state index contributed by atoms with van der Waals surface area (Å²) in [5, 5.41) is 5.78. The van der Waals surface area contributed by atoms with Gasteiger partial charge in [-0.05, 0) is 19.3 Å². The smallest absolute Gasteiger partial charge is 0.445 e. The van der Waals surface area contributed by atoms with Crippen molar-refractivity contribution in [1.29, 1.82) is 0 Å². The zero-order valence-corrected chi connectivity index (χ0v) is 10.9. The molecular formula is C10H12F3N3O2S. The topological polar surface area (TPSA) is 55.3 Å². The second-order valence-corrected chi connectivity index (χ2v) is 5.07. The number of nitrogens with zero attached hydrogens (tertiary/aromatic N) is 3. The maximum atomic E-state index is 12.5. The molecule has 1 aliphatic rings. The van der Waals surface area contributed by atoms with Crippen LogP contribution < -0.4 is 4.90 Å². The number of aromatic nitrogens is 2. The number of carbonyl (C=O) groups excluding carboxylic acids is 1. The molecule has 0 aromatic carbocycles. The van der Waals surface area contributed by atoms with Crippen molar-refractivity contribution in [3.8, 4) is 0 Å². The average Bonchev–Trinajstić information content (AvgIpc) is 2.87. The Morgan fingerprint density at radius 3 is 2.74 bits per heavy atom. The number of ether oxygens (including phenoxy) is 1. The lowest BCUT2D eigenvalue weighted by molar-refractivity contribution is -0.142. The van der Waals surface area contributed by atoms with Gasteiger partial charge in [0.15, 0.2) is 0 Å². The van der Waals surface area contributed by atoms with E-state index in [2.05, 4.69) is 14.9 Å². The number of anilines is 1. The summed E-state index contributed by atoms with van der Waals surface area (Å²) in [7, 11) is 1.26. The molecule has 5 nitrogen and oxygen atoms in total. The minimum atomic E-state index is -4.51. The third kappa shape index (κ3) is 2.96. The van der Waals surface area contributed by atoms with Crippen LogP contribution in [0.5, 0.6) is 0 Å². The van der Waals surface area contributed by atoms with Crippen molar-refractivity contribution < 1.29 is 22.7 Å². The first-order valence-corrected chi connectivity index (χ1v) is 6.50. The number of piperidine rings is 1. The minimum Gasteiger partial charge on any atom is -0.467 e.